The zero-order chi connectivity index (χ0) is 18.3. The third kappa shape index (κ3) is 5.69. The molecule has 1 atom stereocenters. The van der Waals surface area contributed by atoms with Gasteiger partial charge in [0.2, 0.25) is 10.0 Å². The lowest BCUT2D eigenvalue weighted by molar-refractivity contribution is -0.147. The van der Waals surface area contributed by atoms with Crippen LogP contribution in [-0.2, 0) is 26.0 Å². The van der Waals surface area contributed by atoms with Gasteiger partial charge >= 0.3 is 5.97 Å². The van der Waals surface area contributed by atoms with Crippen LogP contribution in [0.5, 0.6) is 0 Å². The predicted molar refractivity (Wildman–Crippen MR) is 96.6 cm³/mol. The van der Waals surface area contributed by atoms with Crippen LogP contribution in [0.4, 0.5) is 0 Å². The number of nitrogens with one attached hydrogen (secondary N) is 1. The van der Waals surface area contributed by atoms with E-state index in [1.807, 2.05) is 37.3 Å². The Morgan fingerprint density at radius 1 is 1.08 bits per heavy atom. The monoisotopic (exact) mass is 361 g/mol. The number of carbonyl (C=O) groups excluding carboxylic acids is 1. The summed E-state index contributed by atoms with van der Waals surface area (Å²) < 4.78 is 32.5. The summed E-state index contributed by atoms with van der Waals surface area (Å²) in [6.07, 6.45) is 0.413. The lowest BCUT2D eigenvalue weighted by Crippen LogP contribution is -2.35. The number of carbonyl (C=O) groups is 1. The van der Waals surface area contributed by atoms with Gasteiger partial charge in [-0.15, -0.1) is 0 Å². The van der Waals surface area contributed by atoms with E-state index in [9.17, 15) is 13.2 Å². The molecular formula is C19H23NO4S. The Bertz CT molecular complexity index is 786. The van der Waals surface area contributed by atoms with Crippen LogP contribution >= 0.6 is 0 Å². The Balaban J connectivity index is 2.10. The molecular weight excluding hydrogens is 338 g/mol. The molecule has 0 fully saturated rings. The number of hydrogen-bond acceptors (Lipinski definition) is 4. The largest absolute Gasteiger partial charge is 0.466 e. The molecule has 0 aromatic heterocycles. The number of benzene rings is 2. The van der Waals surface area contributed by atoms with Gasteiger partial charge in [-0.1, -0.05) is 48.0 Å². The van der Waals surface area contributed by atoms with E-state index in [1.165, 1.54) is 0 Å². The molecule has 0 heterocycles. The van der Waals surface area contributed by atoms with Crippen molar-refractivity contribution in [1.82, 2.24) is 4.72 Å². The third-order valence-corrected chi connectivity index (χ3v) is 5.24. The summed E-state index contributed by atoms with van der Waals surface area (Å²) in [6, 6.07) is 16.0. The Labute approximate surface area is 149 Å². The van der Waals surface area contributed by atoms with E-state index in [0.29, 0.717) is 6.42 Å². The summed E-state index contributed by atoms with van der Waals surface area (Å²) in [5.41, 5.74) is 1.93. The topological polar surface area (TPSA) is 72.5 Å². The smallest absolute Gasteiger partial charge is 0.310 e. The van der Waals surface area contributed by atoms with Gasteiger partial charge in [0.25, 0.3) is 0 Å². The highest BCUT2D eigenvalue weighted by Crippen LogP contribution is 2.13. The molecule has 2 aromatic rings. The van der Waals surface area contributed by atoms with Crippen molar-refractivity contribution in [2.24, 2.45) is 5.92 Å². The maximum absolute atomic E-state index is 12.4. The molecule has 134 valence electrons. The highest BCUT2D eigenvalue weighted by atomic mass is 32.2. The van der Waals surface area contributed by atoms with Crippen LogP contribution in [0.1, 0.15) is 18.1 Å². The molecule has 0 saturated carbocycles. The van der Waals surface area contributed by atoms with E-state index in [0.717, 1.165) is 11.1 Å². The second kappa shape index (κ2) is 8.78. The Kier molecular flexibility index (Phi) is 6.73. The number of sulfonamides is 1. The molecule has 0 radical (unpaired) electrons. The van der Waals surface area contributed by atoms with Gasteiger partial charge in [0.1, 0.15) is 0 Å². The fourth-order valence-corrected chi connectivity index (χ4v) is 3.49. The van der Waals surface area contributed by atoms with Gasteiger partial charge < -0.3 is 4.74 Å². The Morgan fingerprint density at radius 2 is 1.72 bits per heavy atom. The maximum Gasteiger partial charge on any atom is 0.310 e. The van der Waals surface area contributed by atoms with Crippen molar-refractivity contribution in [1.29, 1.82) is 0 Å². The van der Waals surface area contributed by atoms with E-state index < -0.39 is 21.9 Å². The third-order valence-electron chi connectivity index (χ3n) is 3.80. The molecule has 0 amide bonds. The van der Waals surface area contributed by atoms with E-state index >= 15 is 0 Å². The average Bonchev–Trinajstić information content (AvgIpc) is 2.60. The highest BCUT2D eigenvalue weighted by molar-refractivity contribution is 7.89. The van der Waals surface area contributed by atoms with Crippen LogP contribution in [0.15, 0.2) is 59.5 Å². The van der Waals surface area contributed by atoms with E-state index in [1.54, 1.807) is 31.2 Å². The first-order valence-electron chi connectivity index (χ1n) is 8.19. The van der Waals surface area contributed by atoms with Gasteiger partial charge in [-0.3, -0.25) is 4.79 Å². The maximum atomic E-state index is 12.4. The summed E-state index contributed by atoms with van der Waals surface area (Å²) in [5, 5.41) is 0. The fourth-order valence-electron chi connectivity index (χ4n) is 2.41. The minimum atomic E-state index is -3.67. The summed E-state index contributed by atoms with van der Waals surface area (Å²) >= 11 is 0. The van der Waals surface area contributed by atoms with Gasteiger partial charge in [-0.2, -0.15) is 0 Å². The van der Waals surface area contributed by atoms with Crippen molar-refractivity contribution in [3.8, 4) is 0 Å². The van der Waals surface area contributed by atoms with E-state index in [4.69, 9.17) is 4.74 Å². The zero-order valence-corrected chi connectivity index (χ0v) is 15.3. The summed E-state index contributed by atoms with van der Waals surface area (Å²) in [4.78, 5) is 12.4. The molecule has 0 aliphatic carbocycles. The van der Waals surface area contributed by atoms with Gasteiger partial charge in [0.05, 0.1) is 17.4 Å². The molecule has 5 nitrogen and oxygen atoms in total. The van der Waals surface area contributed by atoms with Gasteiger partial charge in [0.15, 0.2) is 0 Å². The normalized spacial score (nSPS) is 12.6. The molecule has 0 saturated heterocycles. The fraction of sp³-hybridized carbons (Fsp3) is 0.316. The van der Waals surface area contributed by atoms with Crippen molar-refractivity contribution in [3.63, 3.8) is 0 Å². The van der Waals surface area contributed by atoms with Crippen LogP contribution in [0.2, 0.25) is 0 Å². The second-order valence-electron chi connectivity index (χ2n) is 5.80. The molecule has 0 spiro atoms. The Hall–Kier alpha value is -2.18. The SMILES string of the molecule is CCOC(=O)C(CNS(=O)(=O)c1ccc(C)cc1)Cc1ccccc1. The molecule has 25 heavy (non-hydrogen) atoms. The first-order valence-corrected chi connectivity index (χ1v) is 9.67. The van der Waals surface area contributed by atoms with Crippen molar-refractivity contribution < 1.29 is 17.9 Å². The lowest BCUT2D eigenvalue weighted by atomic mass is 10.00. The van der Waals surface area contributed by atoms with Crippen LogP contribution in [-0.4, -0.2) is 27.5 Å². The number of aryl methyl sites for hydroxylation is 1. The lowest BCUT2D eigenvalue weighted by Gasteiger charge is -2.16. The van der Waals surface area contributed by atoms with Crippen LogP contribution in [0.3, 0.4) is 0 Å². The molecule has 0 aliphatic heterocycles. The second-order valence-corrected chi connectivity index (χ2v) is 7.57. The summed E-state index contributed by atoms with van der Waals surface area (Å²) in [6.45, 7) is 3.87. The molecule has 0 aliphatic rings. The minimum absolute atomic E-state index is 0.00998. The summed E-state index contributed by atoms with van der Waals surface area (Å²) in [5.74, 6) is -0.986. The molecule has 6 heteroatoms. The quantitative estimate of drug-likeness (QED) is 0.734. The van der Waals surface area contributed by atoms with Crippen LogP contribution < -0.4 is 4.72 Å². The zero-order valence-electron chi connectivity index (χ0n) is 14.4. The molecule has 2 aromatic carbocycles. The summed E-state index contributed by atoms with van der Waals surface area (Å²) in [7, 11) is -3.67. The van der Waals surface area contributed by atoms with Crippen molar-refractivity contribution in [3.05, 3.63) is 65.7 Å². The van der Waals surface area contributed by atoms with Crippen molar-refractivity contribution in [2.75, 3.05) is 13.2 Å². The molecule has 2 rings (SSSR count). The molecule has 0 bridgehead atoms. The number of hydrogen-bond donors (Lipinski definition) is 1. The molecule has 1 N–H and O–H groups in total. The van der Waals surface area contributed by atoms with Gasteiger partial charge in [-0.25, -0.2) is 13.1 Å². The number of ether oxygens (including phenoxy) is 1. The van der Waals surface area contributed by atoms with Crippen molar-refractivity contribution in [2.45, 2.75) is 25.2 Å². The van der Waals surface area contributed by atoms with Crippen LogP contribution in [0, 0.1) is 12.8 Å². The molecule has 1 unspecified atom stereocenters. The highest BCUT2D eigenvalue weighted by Gasteiger charge is 2.23. The van der Waals surface area contributed by atoms with Gasteiger partial charge in [-0.05, 0) is 38.0 Å². The number of esters is 1. The van der Waals surface area contributed by atoms with E-state index in [-0.39, 0.29) is 18.0 Å². The van der Waals surface area contributed by atoms with Crippen molar-refractivity contribution >= 4 is 16.0 Å². The standard InChI is InChI=1S/C19H23NO4S/c1-3-24-19(21)17(13-16-7-5-4-6-8-16)14-20-25(22,23)18-11-9-15(2)10-12-18/h4-12,17,20H,3,13-14H2,1-2H3. The van der Waals surface area contributed by atoms with Gasteiger partial charge in [0, 0.05) is 6.54 Å². The average molecular weight is 361 g/mol. The Morgan fingerprint density at radius 3 is 2.32 bits per heavy atom. The van der Waals surface area contributed by atoms with Crippen LogP contribution in [0.25, 0.3) is 0 Å². The number of rotatable bonds is 8. The van der Waals surface area contributed by atoms with E-state index in [2.05, 4.69) is 4.72 Å². The first kappa shape index (κ1) is 19.1. The minimum Gasteiger partial charge on any atom is -0.466 e. The first-order chi connectivity index (χ1) is 11.9. The predicted octanol–water partition coefficient (Wildman–Crippen LogP) is 2.70.